The van der Waals surface area contributed by atoms with Gasteiger partial charge in [-0.25, -0.2) is 0 Å². The molecule has 1 aliphatic carbocycles. The van der Waals surface area contributed by atoms with E-state index in [0.717, 1.165) is 12.1 Å². The summed E-state index contributed by atoms with van der Waals surface area (Å²) in [6.07, 6.45) is 1.61. The van der Waals surface area contributed by atoms with E-state index < -0.39 is 44.3 Å². The zero-order valence-electron chi connectivity index (χ0n) is 14.9. The molecule has 150 valence electrons. The number of aryl methyl sites for hydroxylation is 1. The predicted molar refractivity (Wildman–Crippen MR) is 98.4 cm³/mol. The van der Waals surface area contributed by atoms with Crippen molar-refractivity contribution in [2.75, 3.05) is 7.11 Å². The average molecular weight is 402 g/mol. The van der Waals surface area contributed by atoms with E-state index in [1.165, 1.54) is 19.3 Å². The topological polar surface area (TPSA) is 173 Å². The molecule has 1 aliphatic rings. The SMILES string of the molecule is COc1cc(C=C2CCc3cc(O)c(O)c([N+](=O)[O-])c3C2=O)cc([N+](=O)[O-])c1O. The lowest BCUT2D eigenvalue weighted by molar-refractivity contribution is -0.386. The first-order valence-corrected chi connectivity index (χ1v) is 8.18. The summed E-state index contributed by atoms with van der Waals surface area (Å²) in [6, 6.07) is 3.41. The number of methoxy groups -OCH3 is 1. The second-order valence-corrected chi connectivity index (χ2v) is 6.23. The van der Waals surface area contributed by atoms with E-state index in [9.17, 15) is 40.3 Å². The summed E-state index contributed by atoms with van der Waals surface area (Å²) < 4.78 is 4.91. The summed E-state index contributed by atoms with van der Waals surface area (Å²) in [7, 11) is 1.20. The molecule has 2 aromatic rings. The maximum absolute atomic E-state index is 12.9. The van der Waals surface area contributed by atoms with Gasteiger partial charge in [0.1, 0.15) is 5.56 Å². The Labute approximate surface area is 162 Å². The maximum atomic E-state index is 12.9. The van der Waals surface area contributed by atoms with Crippen LogP contribution in [0.2, 0.25) is 0 Å². The highest BCUT2D eigenvalue weighted by molar-refractivity contribution is 6.16. The molecule has 0 saturated carbocycles. The van der Waals surface area contributed by atoms with Crippen molar-refractivity contribution in [2.45, 2.75) is 12.8 Å². The van der Waals surface area contributed by atoms with Crippen LogP contribution in [0.25, 0.3) is 6.08 Å². The number of allylic oxidation sites excluding steroid dienone is 1. The minimum Gasteiger partial charge on any atom is -0.504 e. The Morgan fingerprint density at radius 1 is 1.03 bits per heavy atom. The number of nitro benzene ring substituents is 2. The molecular weight excluding hydrogens is 388 g/mol. The number of phenols is 3. The Morgan fingerprint density at radius 3 is 2.31 bits per heavy atom. The minimum atomic E-state index is -1.01. The molecular formula is C18H14N2O9. The lowest BCUT2D eigenvalue weighted by Crippen LogP contribution is -2.16. The van der Waals surface area contributed by atoms with E-state index in [0.29, 0.717) is 0 Å². The lowest BCUT2D eigenvalue weighted by Gasteiger charge is -2.18. The van der Waals surface area contributed by atoms with Gasteiger partial charge in [0.05, 0.1) is 17.0 Å². The van der Waals surface area contributed by atoms with Gasteiger partial charge in [-0.2, -0.15) is 0 Å². The van der Waals surface area contributed by atoms with Crippen molar-refractivity contribution >= 4 is 23.2 Å². The van der Waals surface area contributed by atoms with Crippen molar-refractivity contribution in [2.24, 2.45) is 0 Å². The fraction of sp³-hybridized carbons (Fsp3) is 0.167. The van der Waals surface area contributed by atoms with Crippen molar-refractivity contribution in [3.05, 3.63) is 60.7 Å². The van der Waals surface area contributed by atoms with Gasteiger partial charge in [-0.15, -0.1) is 0 Å². The third kappa shape index (κ3) is 3.29. The number of phenolic OH excluding ortho intramolecular Hbond substituents is 3. The quantitative estimate of drug-likeness (QED) is 0.301. The summed E-state index contributed by atoms with van der Waals surface area (Å²) in [4.78, 5) is 33.6. The fourth-order valence-corrected chi connectivity index (χ4v) is 3.20. The number of nitro groups is 2. The Morgan fingerprint density at radius 2 is 1.72 bits per heavy atom. The average Bonchev–Trinajstić information content (AvgIpc) is 2.66. The standard InChI is InChI=1S/C18H14N2O9/c1-29-13-6-8(5-11(17(13)23)19(25)26)4-10-3-2-9-7-12(21)18(24)15(20(27)28)14(9)16(10)22/h4-7,21,23-24H,2-3H2,1H3. The first kappa shape index (κ1) is 19.6. The van der Waals surface area contributed by atoms with Crippen LogP contribution in [0.3, 0.4) is 0 Å². The van der Waals surface area contributed by atoms with Gasteiger partial charge in [-0.05, 0) is 42.2 Å². The summed E-state index contributed by atoms with van der Waals surface area (Å²) in [5.41, 5.74) is -1.39. The number of rotatable bonds is 4. The lowest BCUT2D eigenvalue weighted by atomic mass is 9.84. The number of ether oxygens (including phenoxy) is 1. The molecule has 11 nitrogen and oxygen atoms in total. The molecule has 11 heteroatoms. The third-order valence-electron chi connectivity index (χ3n) is 4.54. The van der Waals surface area contributed by atoms with Gasteiger partial charge in [-0.3, -0.25) is 25.0 Å². The number of ketones is 1. The Balaban J connectivity index is 2.15. The van der Waals surface area contributed by atoms with Crippen molar-refractivity contribution in [1.29, 1.82) is 0 Å². The first-order valence-electron chi connectivity index (χ1n) is 8.18. The van der Waals surface area contributed by atoms with Gasteiger partial charge in [0.15, 0.2) is 17.3 Å². The van der Waals surface area contributed by atoms with E-state index >= 15 is 0 Å². The molecule has 0 unspecified atom stereocenters. The molecule has 0 atom stereocenters. The van der Waals surface area contributed by atoms with Crippen molar-refractivity contribution < 1.29 is 34.7 Å². The fourth-order valence-electron chi connectivity index (χ4n) is 3.20. The van der Waals surface area contributed by atoms with Gasteiger partial charge in [0.25, 0.3) is 0 Å². The molecule has 3 rings (SSSR count). The van der Waals surface area contributed by atoms with Crippen LogP contribution in [-0.4, -0.2) is 38.1 Å². The van der Waals surface area contributed by atoms with Crippen LogP contribution in [0, 0.1) is 20.2 Å². The summed E-state index contributed by atoms with van der Waals surface area (Å²) in [5.74, 6) is -3.30. The zero-order valence-corrected chi connectivity index (χ0v) is 14.9. The van der Waals surface area contributed by atoms with Gasteiger partial charge in [0, 0.05) is 11.6 Å². The Hall–Kier alpha value is -4.15. The van der Waals surface area contributed by atoms with Crippen molar-refractivity contribution in [1.82, 2.24) is 0 Å². The zero-order chi connectivity index (χ0) is 21.5. The number of fused-ring (bicyclic) bond motifs is 1. The first-order chi connectivity index (χ1) is 13.6. The van der Waals surface area contributed by atoms with Crippen LogP contribution in [-0.2, 0) is 6.42 Å². The van der Waals surface area contributed by atoms with Crippen LogP contribution < -0.4 is 4.74 Å². The van der Waals surface area contributed by atoms with Crippen LogP contribution in [0.5, 0.6) is 23.0 Å². The number of benzene rings is 2. The number of carbonyl (C=O) groups excluding carboxylic acids is 1. The molecule has 0 saturated heterocycles. The monoisotopic (exact) mass is 402 g/mol. The van der Waals surface area contributed by atoms with Gasteiger partial charge in [-0.1, -0.05) is 0 Å². The van der Waals surface area contributed by atoms with E-state index in [-0.39, 0.29) is 40.9 Å². The van der Waals surface area contributed by atoms with Crippen LogP contribution in [0.15, 0.2) is 23.8 Å². The highest BCUT2D eigenvalue weighted by atomic mass is 16.6. The maximum Gasteiger partial charge on any atom is 0.326 e. The number of Topliss-reactive ketones (excluding diaryl/α,β-unsaturated/α-hetero) is 1. The summed E-state index contributed by atoms with van der Waals surface area (Å²) >= 11 is 0. The highest BCUT2D eigenvalue weighted by Crippen LogP contribution is 2.44. The molecule has 0 amide bonds. The Kier molecular flexibility index (Phi) is 4.81. The molecule has 0 aromatic heterocycles. The third-order valence-corrected chi connectivity index (χ3v) is 4.54. The molecule has 3 N–H and O–H groups in total. The highest BCUT2D eigenvalue weighted by Gasteiger charge is 2.35. The molecule has 29 heavy (non-hydrogen) atoms. The summed E-state index contributed by atoms with van der Waals surface area (Å²) in [6.45, 7) is 0. The van der Waals surface area contributed by atoms with Crippen LogP contribution >= 0.6 is 0 Å². The number of hydrogen-bond donors (Lipinski definition) is 3. The molecule has 0 bridgehead atoms. The molecule has 0 spiro atoms. The molecule has 0 radical (unpaired) electrons. The molecule has 0 aliphatic heterocycles. The van der Waals surface area contributed by atoms with Crippen molar-refractivity contribution in [3.63, 3.8) is 0 Å². The van der Waals surface area contributed by atoms with E-state index in [1.807, 2.05) is 0 Å². The van der Waals surface area contributed by atoms with Crippen molar-refractivity contribution in [3.8, 4) is 23.0 Å². The minimum absolute atomic E-state index is 0.104. The molecule has 0 fully saturated rings. The number of hydrogen-bond acceptors (Lipinski definition) is 9. The second kappa shape index (κ2) is 7.11. The Bertz CT molecular complexity index is 1110. The van der Waals surface area contributed by atoms with Crippen LogP contribution in [0.4, 0.5) is 11.4 Å². The van der Waals surface area contributed by atoms with Gasteiger partial charge in [0.2, 0.25) is 11.5 Å². The number of carbonyl (C=O) groups is 1. The number of nitrogens with zero attached hydrogens (tertiary/aromatic N) is 2. The largest absolute Gasteiger partial charge is 0.504 e. The normalized spacial score (nSPS) is 14.5. The van der Waals surface area contributed by atoms with Crippen LogP contribution in [0.1, 0.15) is 27.9 Å². The number of aromatic hydroxyl groups is 3. The van der Waals surface area contributed by atoms with Gasteiger partial charge >= 0.3 is 11.4 Å². The smallest absolute Gasteiger partial charge is 0.326 e. The molecule has 2 aromatic carbocycles. The van der Waals surface area contributed by atoms with E-state index in [2.05, 4.69) is 0 Å². The predicted octanol–water partition coefficient (Wildman–Crippen LogP) is 2.84. The van der Waals surface area contributed by atoms with Gasteiger partial charge < -0.3 is 20.1 Å². The van der Waals surface area contributed by atoms with E-state index in [4.69, 9.17) is 4.74 Å². The van der Waals surface area contributed by atoms with E-state index in [1.54, 1.807) is 0 Å². The second-order valence-electron chi connectivity index (χ2n) is 6.23. The molecule has 0 heterocycles. The summed E-state index contributed by atoms with van der Waals surface area (Å²) in [5, 5.41) is 51.8.